The number of carbonyl (C=O) groups is 2. The number of carboxylic acids is 1. The third-order valence-electron chi connectivity index (χ3n) is 4.92. The number of aliphatic carboxylic acids is 1. The lowest BCUT2D eigenvalue weighted by molar-refractivity contribution is -0.149. The number of likely N-dealkylation sites (tertiary alicyclic amines) is 1. The lowest BCUT2D eigenvalue weighted by Crippen LogP contribution is -2.37. The van der Waals surface area contributed by atoms with Gasteiger partial charge >= 0.3 is 5.97 Å². The van der Waals surface area contributed by atoms with Crippen LogP contribution in [0.3, 0.4) is 0 Å². The highest BCUT2D eigenvalue weighted by Crippen LogP contribution is 2.48. The number of carbonyl (C=O) groups excluding carboxylic acids is 1. The Morgan fingerprint density at radius 3 is 2.67 bits per heavy atom. The third-order valence-corrected chi connectivity index (χ3v) is 5.45. The number of hydrogen-bond donors (Lipinski definition) is 1. The molecule has 1 amide bonds. The number of rotatable bonds is 3. The van der Waals surface area contributed by atoms with Crippen molar-refractivity contribution in [2.24, 2.45) is 11.3 Å². The Hall–Kier alpha value is -1.36. The Balaban J connectivity index is 1.70. The molecule has 4 nitrogen and oxygen atoms in total. The maximum atomic E-state index is 12.4. The Kier molecular flexibility index (Phi) is 3.78. The highest BCUT2D eigenvalue weighted by atomic mass is 79.9. The highest BCUT2D eigenvalue weighted by molar-refractivity contribution is 9.10. The molecule has 0 unspecified atom stereocenters. The van der Waals surface area contributed by atoms with Crippen molar-refractivity contribution in [3.8, 4) is 0 Å². The summed E-state index contributed by atoms with van der Waals surface area (Å²) < 4.78 is 0.985. The van der Waals surface area contributed by atoms with Crippen LogP contribution in [0.15, 0.2) is 28.7 Å². The van der Waals surface area contributed by atoms with Crippen molar-refractivity contribution in [2.45, 2.75) is 25.7 Å². The van der Waals surface area contributed by atoms with Gasteiger partial charge in [0.15, 0.2) is 0 Å². The topological polar surface area (TPSA) is 57.6 Å². The minimum absolute atomic E-state index is 0.0346. The lowest BCUT2D eigenvalue weighted by Gasteiger charge is -2.23. The van der Waals surface area contributed by atoms with E-state index >= 15 is 0 Å². The van der Waals surface area contributed by atoms with Gasteiger partial charge in [-0.25, -0.2) is 0 Å². The molecule has 0 aromatic heterocycles. The summed E-state index contributed by atoms with van der Waals surface area (Å²) in [5.74, 6) is -0.569. The van der Waals surface area contributed by atoms with Gasteiger partial charge in [-0.1, -0.05) is 34.5 Å². The molecule has 5 heteroatoms. The molecule has 0 spiro atoms. The van der Waals surface area contributed by atoms with Gasteiger partial charge in [-0.05, 0) is 36.5 Å². The third kappa shape index (κ3) is 2.59. The molecule has 1 aliphatic heterocycles. The molecule has 3 rings (SSSR count). The first kappa shape index (κ1) is 14.6. The fraction of sp³-hybridized carbons (Fsp3) is 0.500. The number of fused-ring (bicyclic) bond motifs is 1. The summed E-state index contributed by atoms with van der Waals surface area (Å²) in [5, 5.41) is 9.55. The van der Waals surface area contributed by atoms with Gasteiger partial charge in [0.25, 0.3) is 0 Å². The van der Waals surface area contributed by atoms with Gasteiger partial charge in [-0.2, -0.15) is 0 Å². The zero-order valence-electron chi connectivity index (χ0n) is 11.7. The molecule has 21 heavy (non-hydrogen) atoms. The summed E-state index contributed by atoms with van der Waals surface area (Å²) >= 11 is 3.37. The van der Waals surface area contributed by atoms with Crippen molar-refractivity contribution in [2.75, 3.05) is 13.1 Å². The van der Waals surface area contributed by atoms with E-state index in [1.165, 1.54) is 0 Å². The minimum Gasteiger partial charge on any atom is -0.481 e. The van der Waals surface area contributed by atoms with Crippen LogP contribution in [0.5, 0.6) is 0 Å². The first-order valence-corrected chi connectivity index (χ1v) is 8.06. The fourth-order valence-corrected chi connectivity index (χ4v) is 3.98. The minimum atomic E-state index is -0.732. The quantitative estimate of drug-likeness (QED) is 0.910. The summed E-state index contributed by atoms with van der Waals surface area (Å²) in [6, 6.07) is 7.68. The summed E-state index contributed by atoms with van der Waals surface area (Å²) in [4.78, 5) is 25.8. The van der Waals surface area contributed by atoms with Crippen molar-refractivity contribution in [1.82, 2.24) is 4.90 Å². The predicted octanol–water partition coefficient (Wildman–Crippen LogP) is 2.70. The van der Waals surface area contributed by atoms with Crippen LogP contribution >= 0.6 is 15.9 Å². The number of carboxylic acid groups (broad SMARTS) is 1. The van der Waals surface area contributed by atoms with Crippen molar-refractivity contribution < 1.29 is 14.7 Å². The molecular weight excluding hydrogens is 334 g/mol. The zero-order valence-corrected chi connectivity index (χ0v) is 13.3. The molecule has 1 aromatic carbocycles. The first-order chi connectivity index (χ1) is 10.0. The molecule has 0 radical (unpaired) electrons. The average molecular weight is 352 g/mol. The number of hydrogen-bond acceptors (Lipinski definition) is 2. The van der Waals surface area contributed by atoms with Crippen LogP contribution in [-0.2, 0) is 16.0 Å². The fourth-order valence-electron chi connectivity index (χ4n) is 3.72. The Morgan fingerprint density at radius 2 is 2.05 bits per heavy atom. The summed E-state index contributed by atoms with van der Waals surface area (Å²) in [6.07, 6.45) is 2.94. The maximum absolute atomic E-state index is 12.4. The molecule has 1 N–H and O–H groups in total. The van der Waals surface area contributed by atoms with Crippen LogP contribution < -0.4 is 0 Å². The van der Waals surface area contributed by atoms with Crippen LogP contribution in [0.4, 0.5) is 0 Å². The van der Waals surface area contributed by atoms with Gasteiger partial charge in [0.1, 0.15) is 0 Å². The van der Waals surface area contributed by atoms with Gasteiger partial charge in [-0.3, -0.25) is 9.59 Å². The van der Waals surface area contributed by atoms with Crippen LogP contribution in [0, 0.1) is 11.3 Å². The van der Waals surface area contributed by atoms with E-state index in [1.807, 2.05) is 24.3 Å². The maximum Gasteiger partial charge on any atom is 0.311 e. The van der Waals surface area contributed by atoms with Gasteiger partial charge < -0.3 is 10.0 Å². The second kappa shape index (κ2) is 5.44. The van der Waals surface area contributed by atoms with Crippen molar-refractivity contribution in [3.05, 3.63) is 34.3 Å². The first-order valence-electron chi connectivity index (χ1n) is 7.27. The molecule has 1 saturated carbocycles. The van der Waals surface area contributed by atoms with Crippen molar-refractivity contribution in [3.63, 3.8) is 0 Å². The van der Waals surface area contributed by atoms with Crippen LogP contribution in [0.1, 0.15) is 24.8 Å². The van der Waals surface area contributed by atoms with Crippen LogP contribution in [0.2, 0.25) is 0 Å². The summed E-state index contributed by atoms with van der Waals surface area (Å²) in [6.45, 7) is 0.976. The van der Waals surface area contributed by atoms with E-state index in [1.54, 1.807) is 4.90 Å². The highest BCUT2D eigenvalue weighted by Gasteiger charge is 2.55. The molecule has 2 atom stereocenters. The van der Waals surface area contributed by atoms with Gasteiger partial charge in [0.2, 0.25) is 5.91 Å². The van der Waals surface area contributed by atoms with Crippen LogP contribution in [0.25, 0.3) is 0 Å². The number of benzene rings is 1. The molecule has 2 aliphatic rings. The average Bonchev–Trinajstić information content (AvgIpc) is 2.99. The predicted molar refractivity (Wildman–Crippen MR) is 81.8 cm³/mol. The molecule has 1 saturated heterocycles. The normalized spacial score (nSPS) is 27.7. The van der Waals surface area contributed by atoms with E-state index in [4.69, 9.17) is 0 Å². The molecule has 2 fully saturated rings. The van der Waals surface area contributed by atoms with Gasteiger partial charge in [0, 0.05) is 17.6 Å². The van der Waals surface area contributed by atoms with Gasteiger partial charge in [0.05, 0.1) is 11.8 Å². The Bertz CT molecular complexity index is 571. The molecule has 0 bridgehead atoms. The van der Waals surface area contributed by atoms with E-state index in [0.717, 1.165) is 22.9 Å². The van der Waals surface area contributed by atoms with E-state index in [9.17, 15) is 14.7 Å². The van der Waals surface area contributed by atoms with Crippen LogP contribution in [-0.4, -0.2) is 35.0 Å². The molecule has 112 valence electrons. The Labute approximate surface area is 132 Å². The van der Waals surface area contributed by atoms with Gasteiger partial charge in [-0.15, -0.1) is 0 Å². The number of halogens is 1. The second-order valence-electron chi connectivity index (χ2n) is 6.13. The standard InChI is InChI=1S/C16H18BrNO3/c17-13-5-3-11(4-6-13)8-14(19)18-9-12-2-1-7-16(12,10-18)15(20)21/h3-6,12H,1-2,7-10H2,(H,20,21)/t12-,16+/m0/s1. The van der Waals surface area contributed by atoms with Crippen molar-refractivity contribution in [1.29, 1.82) is 0 Å². The monoisotopic (exact) mass is 351 g/mol. The molecule has 1 aliphatic carbocycles. The second-order valence-corrected chi connectivity index (χ2v) is 7.04. The molecule has 1 heterocycles. The summed E-state index contributed by atoms with van der Waals surface area (Å²) in [5.41, 5.74) is 0.277. The Morgan fingerprint density at radius 1 is 1.33 bits per heavy atom. The zero-order chi connectivity index (χ0) is 15.0. The molecule has 1 aromatic rings. The smallest absolute Gasteiger partial charge is 0.311 e. The summed E-state index contributed by atoms with van der Waals surface area (Å²) in [7, 11) is 0. The SMILES string of the molecule is O=C(Cc1ccc(Br)cc1)N1C[C@@H]2CCC[C@@]2(C(=O)O)C1. The number of amides is 1. The van der Waals surface area contributed by atoms with Crippen molar-refractivity contribution >= 4 is 27.8 Å². The van der Waals surface area contributed by atoms with E-state index in [-0.39, 0.29) is 11.8 Å². The molecular formula is C16H18BrNO3. The van der Waals surface area contributed by atoms with E-state index in [0.29, 0.717) is 25.9 Å². The van der Waals surface area contributed by atoms with E-state index < -0.39 is 11.4 Å². The lowest BCUT2D eigenvalue weighted by atomic mass is 9.81. The van der Waals surface area contributed by atoms with E-state index in [2.05, 4.69) is 15.9 Å². The largest absolute Gasteiger partial charge is 0.481 e. The number of nitrogens with zero attached hydrogens (tertiary/aromatic N) is 1.